The predicted octanol–water partition coefficient (Wildman–Crippen LogP) is 1.17. The van der Waals surface area contributed by atoms with Gasteiger partial charge in [0.1, 0.15) is 5.75 Å². The summed E-state index contributed by atoms with van der Waals surface area (Å²) in [6.45, 7) is 0.915. The molecule has 2 unspecified atom stereocenters. The summed E-state index contributed by atoms with van der Waals surface area (Å²) in [4.78, 5) is 12.2. The maximum absolute atomic E-state index is 12.2. The second kappa shape index (κ2) is 3.49. The van der Waals surface area contributed by atoms with Gasteiger partial charge in [-0.3, -0.25) is 10.1 Å². The van der Waals surface area contributed by atoms with Gasteiger partial charge in [-0.1, -0.05) is 0 Å². The Balaban J connectivity index is 2.03. The van der Waals surface area contributed by atoms with Crippen LogP contribution in [0.1, 0.15) is 23.2 Å². The van der Waals surface area contributed by atoms with Gasteiger partial charge in [-0.2, -0.15) is 0 Å². The molecule has 0 saturated carbocycles. The summed E-state index contributed by atoms with van der Waals surface area (Å²) in [5, 5.41) is 3.23. The maximum Gasteiger partial charge on any atom is 0.174 e. The van der Waals surface area contributed by atoms with Crippen LogP contribution in [0, 0.1) is 5.92 Å². The van der Waals surface area contributed by atoms with E-state index >= 15 is 0 Å². The summed E-state index contributed by atoms with van der Waals surface area (Å²) in [6.07, 6.45) is 1.76. The number of hydrogen-bond donors (Lipinski definition) is 2. The minimum atomic E-state index is -0.155. The number of piperidine rings is 1. The Morgan fingerprint density at radius 1 is 1.44 bits per heavy atom. The highest BCUT2D eigenvalue weighted by molar-refractivity contribution is 6.02. The summed E-state index contributed by atoms with van der Waals surface area (Å²) < 4.78 is 5.77. The van der Waals surface area contributed by atoms with E-state index in [4.69, 9.17) is 10.5 Å². The number of ether oxygens (including phenoxy) is 1. The molecule has 16 heavy (non-hydrogen) atoms. The van der Waals surface area contributed by atoms with Gasteiger partial charge in [-0.25, -0.2) is 0 Å². The fourth-order valence-corrected chi connectivity index (χ4v) is 2.43. The maximum atomic E-state index is 12.2. The van der Waals surface area contributed by atoms with Crippen LogP contribution in [0.15, 0.2) is 18.2 Å². The molecule has 4 heteroatoms. The lowest BCUT2D eigenvalue weighted by molar-refractivity contribution is 0.0435. The first kappa shape index (κ1) is 9.66. The average Bonchev–Trinajstić information content (AvgIpc) is 2.31. The van der Waals surface area contributed by atoms with E-state index in [1.807, 2.05) is 0 Å². The van der Waals surface area contributed by atoms with Gasteiger partial charge in [-0.05, 0) is 37.6 Å². The van der Waals surface area contributed by atoms with Crippen LogP contribution in [0.5, 0.6) is 5.75 Å². The van der Waals surface area contributed by atoms with Crippen molar-refractivity contribution in [2.45, 2.75) is 19.1 Å². The molecule has 0 aliphatic carbocycles. The fourth-order valence-electron chi connectivity index (χ4n) is 2.43. The van der Waals surface area contributed by atoms with E-state index in [0.717, 1.165) is 19.4 Å². The van der Waals surface area contributed by atoms with Gasteiger partial charge < -0.3 is 10.5 Å². The summed E-state index contributed by atoms with van der Waals surface area (Å²) in [7, 11) is 0. The van der Waals surface area contributed by atoms with Crippen molar-refractivity contribution in [1.82, 2.24) is 5.32 Å². The van der Waals surface area contributed by atoms with Crippen LogP contribution in [0.25, 0.3) is 0 Å². The number of hydrogen-bond acceptors (Lipinski definition) is 4. The van der Waals surface area contributed by atoms with Crippen molar-refractivity contribution in [2.24, 2.45) is 5.92 Å². The summed E-state index contributed by atoms with van der Waals surface area (Å²) >= 11 is 0. The molecular weight excluding hydrogens is 204 g/mol. The number of Topliss-reactive ketones (excluding diaryl/α,β-unsaturated/α-hetero) is 1. The summed E-state index contributed by atoms with van der Waals surface area (Å²) in [5.41, 5.74) is 6.93. The number of carbonyl (C=O) groups excluding carboxylic acids is 1. The lowest BCUT2D eigenvalue weighted by Gasteiger charge is -2.36. The Labute approximate surface area is 93.8 Å². The summed E-state index contributed by atoms with van der Waals surface area (Å²) in [5.74, 6) is 0.753. The molecule has 84 valence electrons. The Morgan fingerprint density at radius 2 is 2.31 bits per heavy atom. The second-order valence-corrected chi connectivity index (χ2v) is 4.36. The molecule has 4 nitrogen and oxygen atoms in total. The number of anilines is 1. The highest BCUT2D eigenvalue weighted by atomic mass is 16.5. The van der Waals surface area contributed by atoms with E-state index < -0.39 is 0 Å². The first-order valence-corrected chi connectivity index (χ1v) is 5.59. The first-order valence-electron chi connectivity index (χ1n) is 5.59. The Bertz CT molecular complexity index is 445. The van der Waals surface area contributed by atoms with E-state index in [9.17, 15) is 4.79 Å². The third-order valence-electron chi connectivity index (χ3n) is 3.26. The van der Waals surface area contributed by atoms with Crippen molar-refractivity contribution in [2.75, 3.05) is 12.3 Å². The number of benzene rings is 1. The van der Waals surface area contributed by atoms with Crippen LogP contribution in [0.3, 0.4) is 0 Å². The second-order valence-electron chi connectivity index (χ2n) is 4.36. The van der Waals surface area contributed by atoms with Gasteiger partial charge >= 0.3 is 0 Å². The molecule has 1 saturated heterocycles. The number of ketones is 1. The van der Waals surface area contributed by atoms with Crippen LogP contribution >= 0.6 is 0 Å². The van der Waals surface area contributed by atoms with E-state index in [1.165, 1.54) is 0 Å². The van der Waals surface area contributed by atoms with Gasteiger partial charge in [-0.15, -0.1) is 0 Å². The molecule has 3 rings (SSSR count). The van der Waals surface area contributed by atoms with Crippen LogP contribution in [-0.4, -0.2) is 18.6 Å². The van der Waals surface area contributed by atoms with Crippen molar-refractivity contribution in [3.05, 3.63) is 23.8 Å². The van der Waals surface area contributed by atoms with Crippen LogP contribution in [0.2, 0.25) is 0 Å². The van der Waals surface area contributed by atoms with Gasteiger partial charge in [0.15, 0.2) is 12.0 Å². The SMILES string of the molecule is Nc1ccc2c(c1)C(=O)C1CCCNC1O2. The average molecular weight is 218 g/mol. The highest BCUT2D eigenvalue weighted by Gasteiger charge is 2.38. The highest BCUT2D eigenvalue weighted by Crippen LogP contribution is 2.34. The molecule has 2 heterocycles. The van der Waals surface area contributed by atoms with Gasteiger partial charge in [0.25, 0.3) is 0 Å². The number of fused-ring (bicyclic) bond motifs is 2. The third-order valence-corrected chi connectivity index (χ3v) is 3.26. The molecule has 0 spiro atoms. The van der Waals surface area contributed by atoms with Crippen molar-refractivity contribution >= 4 is 11.5 Å². The quantitative estimate of drug-likeness (QED) is 0.641. The van der Waals surface area contributed by atoms with Crippen LogP contribution < -0.4 is 15.8 Å². The molecule has 3 N–H and O–H groups in total. The Kier molecular flexibility index (Phi) is 2.11. The zero-order valence-corrected chi connectivity index (χ0v) is 8.90. The zero-order chi connectivity index (χ0) is 11.1. The van der Waals surface area contributed by atoms with Gasteiger partial charge in [0, 0.05) is 5.69 Å². The minimum Gasteiger partial charge on any atom is -0.474 e. The minimum absolute atomic E-state index is 0.0527. The van der Waals surface area contributed by atoms with Crippen LogP contribution in [-0.2, 0) is 0 Å². The van der Waals surface area contributed by atoms with Gasteiger partial charge in [0.2, 0.25) is 0 Å². The Hall–Kier alpha value is -1.55. The normalized spacial score (nSPS) is 27.9. The lowest BCUT2D eigenvalue weighted by Crippen LogP contribution is -2.50. The van der Waals surface area contributed by atoms with Crippen molar-refractivity contribution in [1.29, 1.82) is 0 Å². The molecular formula is C12H14N2O2. The molecule has 2 aliphatic heterocycles. The number of nitrogen functional groups attached to an aromatic ring is 1. The molecule has 0 radical (unpaired) electrons. The van der Waals surface area contributed by atoms with E-state index in [1.54, 1.807) is 18.2 Å². The number of nitrogens with two attached hydrogens (primary N) is 1. The van der Waals surface area contributed by atoms with Crippen molar-refractivity contribution in [3.8, 4) is 5.75 Å². The largest absolute Gasteiger partial charge is 0.474 e. The topological polar surface area (TPSA) is 64.4 Å². The molecule has 1 fully saturated rings. The van der Waals surface area contributed by atoms with Gasteiger partial charge in [0.05, 0.1) is 11.5 Å². The molecule has 1 aromatic rings. The van der Waals surface area contributed by atoms with E-state index in [-0.39, 0.29) is 17.9 Å². The molecule has 2 aliphatic rings. The lowest BCUT2D eigenvalue weighted by atomic mass is 9.86. The number of carbonyl (C=O) groups is 1. The number of nitrogens with one attached hydrogen (secondary N) is 1. The molecule has 0 amide bonds. The van der Waals surface area contributed by atoms with Crippen molar-refractivity contribution < 1.29 is 9.53 Å². The molecule has 2 atom stereocenters. The standard InChI is InChI=1S/C12H14N2O2/c13-7-3-4-10-9(6-7)11(15)8-2-1-5-14-12(8)16-10/h3-4,6,8,12,14H,1-2,5,13H2. The van der Waals surface area contributed by atoms with Crippen molar-refractivity contribution in [3.63, 3.8) is 0 Å². The monoisotopic (exact) mass is 218 g/mol. The number of rotatable bonds is 0. The zero-order valence-electron chi connectivity index (χ0n) is 8.90. The van der Waals surface area contributed by atoms with E-state index in [0.29, 0.717) is 17.0 Å². The Morgan fingerprint density at radius 3 is 3.19 bits per heavy atom. The fraction of sp³-hybridized carbons (Fsp3) is 0.417. The first-order chi connectivity index (χ1) is 7.75. The van der Waals surface area contributed by atoms with E-state index in [2.05, 4.69) is 5.32 Å². The summed E-state index contributed by atoms with van der Waals surface area (Å²) in [6, 6.07) is 5.24. The smallest absolute Gasteiger partial charge is 0.174 e. The molecule has 0 bridgehead atoms. The third kappa shape index (κ3) is 1.38. The molecule has 1 aromatic carbocycles. The molecule has 0 aromatic heterocycles. The predicted molar refractivity (Wildman–Crippen MR) is 60.3 cm³/mol. The van der Waals surface area contributed by atoms with Crippen LogP contribution in [0.4, 0.5) is 5.69 Å².